The summed E-state index contributed by atoms with van der Waals surface area (Å²) < 4.78 is 4.92. The van der Waals surface area contributed by atoms with Crippen LogP contribution in [0.5, 0.6) is 0 Å². The molecule has 5 aromatic carbocycles. The van der Waals surface area contributed by atoms with Crippen molar-refractivity contribution in [1.82, 2.24) is 14.0 Å². The van der Waals surface area contributed by atoms with Crippen LogP contribution in [0.2, 0.25) is 0 Å². The largest absolute Gasteiger partial charge is 0.309 e. The lowest BCUT2D eigenvalue weighted by atomic mass is 9.98. The van der Waals surface area contributed by atoms with Crippen LogP contribution in [0.1, 0.15) is 59.5 Å². The number of imidazole rings is 1. The predicted octanol–water partition coefficient (Wildman–Crippen LogP) is 13.2. The van der Waals surface area contributed by atoms with E-state index in [2.05, 4.69) is 172 Å². The Morgan fingerprint density at radius 1 is 0.557 bits per heavy atom. The van der Waals surface area contributed by atoms with Crippen LogP contribution in [-0.2, 0) is 25.9 Å². The molecule has 3 aromatic heterocycles. The highest BCUT2D eigenvalue weighted by atomic mass is 15.0. The summed E-state index contributed by atoms with van der Waals surface area (Å²) in [6, 6.07) is 41.2. The summed E-state index contributed by atoms with van der Waals surface area (Å²) in [6.07, 6.45) is 22.2. The Hall–Kier alpha value is -7.18. The van der Waals surface area contributed by atoms with E-state index >= 15 is 0 Å². The van der Waals surface area contributed by atoms with E-state index in [1.807, 2.05) is 30.3 Å². The van der Waals surface area contributed by atoms with Gasteiger partial charge in [-0.25, -0.2) is 4.98 Å². The molecule has 6 heteroatoms. The lowest BCUT2D eigenvalue weighted by Crippen LogP contribution is -2.02. The van der Waals surface area contributed by atoms with Crippen LogP contribution >= 0.6 is 0 Å². The van der Waals surface area contributed by atoms with E-state index in [-0.39, 0.29) is 0 Å². The van der Waals surface area contributed by atoms with Crippen molar-refractivity contribution >= 4 is 70.5 Å². The molecule has 0 bridgehead atoms. The summed E-state index contributed by atoms with van der Waals surface area (Å²) in [6.45, 7) is 12.6. The highest BCUT2D eigenvalue weighted by Crippen LogP contribution is 2.42. The molecule has 0 atom stereocenters. The highest BCUT2D eigenvalue weighted by Gasteiger charge is 2.25. The molecule has 0 spiro atoms. The molecule has 0 saturated heterocycles. The Bertz CT molecular complexity index is 3060. The fourth-order valence-electron chi connectivity index (χ4n) is 9.03. The second kappa shape index (κ2) is 18.0. The first-order chi connectivity index (χ1) is 30.2. The van der Waals surface area contributed by atoms with Gasteiger partial charge < -0.3 is 4.57 Å². The van der Waals surface area contributed by atoms with Gasteiger partial charge in [-0.15, -0.1) is 0 Å². The van der Waals surface area contributed by atoms with Crippen molar-refractivity contribution in [2.24, 2.45) is 15.0 Å². The fraction of sp³-hybridized carbons (Fsp3) is 0.164. The standard InChI is InChI=1S/C39H30N4.C8H11N.C8H9N/c1-40-24-25-10-8-11-26(22-25)27-12-9-13-28(23-27)42-34-18-6-4-14-29(34)31-20-21-36-37(38(31)42)30-15-2-3-16-32(30)39-41-33-17-5-7-19-35(33)43(36)39;2*1-9-7-8-5-3-2-4-6-8/h2-3,6-13,15-16,18-23H,1,4-5,14,17,24H2;3,5-6H,1-2,4,7H2;2-6H,1,7H2. The van der Waals surface area contributed by atoms with E-state index in [1.54, 1.807) is 0 Å². The van der Waals surface area contributed by atoms with Crippen LogP contribution in [0.3, 0.4) is 0 Å². The minimum absolute atomic E-state index is 0.620. The van der Waals surface area contributed by atoms with E-state index in [0.29, 0.717) is 6.54 Å². The molecule has 6 nitrogen and oxygen atoms in total. The van der Waals surface area contributed by atoms with Gasteiger partial charge in [-0.1, -0.05) is 121 Å². The van der Waals surface area contributed by atoms with Crippen molar-refractivity contribution in [2.45, 2.75) is 51.6 Å². The van der Waals surface area contributed by atoms with Crippen molar-refractivity contribution in [3.63, 3.8) is 0 Å². The molecule has 3 heterocycles. The zero-order valence-corrected chi connectivity index (χ0v) is 34.7. The SMILES string of the molecule is C=NCC1=CCCC=C1.C=NCc1cccc(-c2cccc(-n3c4c(c5ccc6c(c7ccccc7c7nc8c(n67)C=CCC8)c53)CCC=C4)c2)c1.C=NCc1ccccc1. The van der Waals surface area contributed by atoms with Crippen molar-refractivity contribution in [3.05, 3.63) is 185 Å². The van der Waals surface area contributed by atoms with Crippen LogP contribution in [0.4, 0.5) is 0 Å². The van der Waals surface area contributed by atoms with Crippen molar-refractivity contribution < 1.29 is 0 Å². The number of hydrogen-bond acceptors (Lipinski definition) is 4. The van der Waals surface area contributed by atoms with E-state index in [0.717, 1.165) is 44.4 Å². The fourth-order valence-corrected chi connectivity index (χ4v) is 9.03. The van der Waals surface area contributed by atoms with Gasteiger partial charge in [0.2, 0.25) is 0 Å². The number of hydrogen-bond donors (Lipinski definition) is 0. The van der Waals surface area contributed by atoms with Crippen molar-refractivity contribution in [1.29, 1.82) is 0 Å². The van der Waals surface area contributed by atoms with E-state index < -0.39 is 0 Å². The summed E-state index contributed by atoms with van der Waals surface area (Å²) in [5, 5.41) is 5.08. The summed E-state index contributed by atoms with van der Waals surface area (Å²) in [5.74, 6) is 0. The number of aromatic nitrogens is 3. The van der Waals surface area contributed by atoms with Crippen LogP contribution in [0, 0.1) is 0 Å². The lowest BCUT2D eigenvalue weighted by Gasteiger charge is -2.16. The van der Waals surface area contributed by atoms with Gasteiger partial charge in [0.25, 0.3) is 0 Å². The lowest BCUT2D eigenvalue weighted by molar-refractivity contribution is 0.943. The topological polar surface area (TPSA) is 59.3 Å². The van der Waals surface area contributed by atoms with Gasteiger partial charge in [-0.3, -0.25) is 19.4 Å². The van der Waals surface area contributed by atoms with Gasteiger partial charge in [-0.2, -0.15) is 0 Å². The molecule has 300 valence electrons. The molecule has 3 aliphatic carbocycles. The number of nitrogens with zero attached hydrogens (tertiary/aromatic N) is 6. The van der Waals surface area contributed by atoms with Gasteiger partial charge in [0.1, 0.15) is 5.65 Å². The average molecular weight is 795 g/mol. The molecule has 3 aliphatic rings. The molecule has 0 radical (unpaired) electrons. The molecular formula is C55H50N6. The van der Waals surface area contributed by atoms with Gasteiger partial charge in [0.15, 0.2) is 0 Å². The average Bonchev–Trinajstić information content (AvgIpc) is 3.88. The molecule has 0 fully saturated rings. The number of aryl methyl sites for hydroxylation is 2. The first kappa shape index (κ1) is 39.3. The number of aliphatic imine (C=N–C) groups is 3. The number of pyridine rings is 1. The van der Waals surface area contributed by atoms with Gasteiger partial charge in [0, 0.05) is 27.5 Å². The van der Waals surface area contributed by atoms with Crippen LogP contribution in [-0.4, -0.2) is 40.6 Å². The zero-order chi connectivity index (χ0) is 41.5. The highest BCUT2D eigenvalue weighted by molar-refractivity contribution is 6.22. The first-order valence-electron chi connectivity index (χ1n) is 21.3. The molecular weight excluding hydrogens is 745 g/mol. The third-order valence-corrected chi connectivity index (χ3v) is 11.7. The molecule has 0 saturated carbocycles. The summed E-state index contributed by atoms with van der Waals surface area (Å²) in [7, 11) is 0. The summed E-state index contributed by atoms with van der Waals surface area (Å²) in [5.41, 5.74) is 15.9. The number of benzene rings is 5. The molecule has 0 amide bonds. The maximum atomic E-state index is 5.21. The number of fused-ring (bicyclic) bond motifs is 12. The van der Waals surface area contributed by atoms with E-state index in [9.17, 15) is 0 Å². The Morgan fingerprint density at radius 2 is 1.25 bits per heavy atom. The third-order valence-electron chi connectivity index (χ3n) is 11.7. The maximum absolute atomic E-state index is 5.21. The predicted molar refractivity (Wildman–Crippen MR) is 261 cm³/mol. The second-order valence-electron chi connectivity index (χ2n) is 15.7. The maximum Gasteiger partial charge on any atom is 0.145 e. The van der Waals surface area contributed by atoms with E-state index in [4.69, 9.17) is 4.98 Å². The van der Waals surface area contributed by atoms with Gasteiger partial charge >= 0.3 is 0 Å². The van der Waals surface area contributed by atoms with Gasteiger partial charge in [-0.05, 0) is 134 Å². The minimum atomic E-state index is 0.620. The Kier molecular flexibility index (Phi) is 11.6. The van der Waals surface area contributed by atoms with Crippen LogP contribution in [0.15, 0.2) is 166 Å². The number of rotatable bonds is 8. The normalized spacial score (nSPS) is 13.8. The first-order valence-corrected chi connectivity index (χ1v) is 21.3. The Balaban J connectivity index is 0.000000219. The molecule has 0 unspecified atom stereocenters. The Morgan fingerprint density at radius 3 is 2.03 bits per heavy atom. The molecule has 0 N–H and O–H groups in total. The molecule has 61 heavy (non-hydrogen) atoms. The van der Waals surface area contributed by atoms with Crippen molar-refractivity contribution in [3.8, 4) is 16.8 Å². The molecule has 11 rings (SSSR count). The third kappa shape index (κ3) is 7.85. The quantitative estimate of drug-likeness (QED) is 0.112. The summed E-state index contributed by atoms with van der Waals surface area (Å²) in [4.78, 5) is 16.9. The van der Waals surface area contributed by atoms with E-state index in [1.165, 1.54) is 102 Å². The van der Waals surface area contributed by atoms with Crippen LogP contribution < -0.4 is 0 Å². The second-order valence-corrected chi connectivity index (χ2v) is 15.7. The zero-order valence-electron chi connectivity index (χ0n) is 34.7. The van der Waals surface area contributed by atoms with Crippen molar-refractivity contribution in [2.75, 3.05) is 6.54 Å². The summed E-state index contributed by atoms with van der Waals surface area (Å²) >= 11 is 0. The van der Waals surface area contributed by atoms with Gasteiger partial charge in [0.05, 0.1) is 42.1 Å². The Labute approximate surface area is 358 Å². The number of allylic oxidation sites excluding steroid dienone is 4. The minimum Gasteiger partial charge on any atom is -0.309 e. The molecule has 0 aliphatic heterocycles. The monoisotopic (exact) mass is 794 g/mol. The smallest absolute Gasteiger partial charge is 0.145 e. The molecule has 8 aromatic rings. The van der Waals surface area contributed by atoms with Crippen LogP contribution in [0.25, 0.3) is 67.2 Å².